The second-order valence-electron chi connectivity index (χ2n) is 3.80. The molecule has 0 aliphatic heterocycles. The van der Waals surface area contributed by atoms with Gasteiger partial charge in [0.2, 0.25) is 0 Å². The molecule has 0 aliphatic carbocycles. The number of halogens is 1. The first-order valence-corrected chi connectivity index (χ1v) is 5.29. The molecular weight excluding hydrogens is 219 g/mol. The number of aryl methyl sites for hydroxylation is 1. The summed E-state index contributed by atoms with van der Waals surface area (Å²) in [5.41, 5.74) is 1.80. The number of pyridine rings is 1. The van der Waals surface area contributed by atoms with Crippen LogP contribution in [0.2, 0.25) is 0 Å². The van der Waals surface area contributed by atoms with E-state index in [1.54, 1.807) is 37.3 Å². The fourth-order valence-electron chi connectivity index (χ4n) is 1.49. The quantitative estimate of drug-likeness (QED) is 0.855. The molecule has 2 N–H and O–H groups in total. The summed E-state index contributed by atoms with van der Waals surface area (Å²) in [4.78, 5) is 4.01. The van der Waals surface area contributed by atoms with Gasteiger partial charge < -0.3 is 10.4 Å². The van der Waals surface area contributed by atoms with Crippen LogP contribution in [-0.4, -0.2) is 10.1 Å². The second-order valence-corrected chi connectivity index (χ2v) is 3.80. The van der Waals surface area contributed by atoms with Gasteiger partial charge in [0.25, 0.3) is 0 Å². The van der Waals surface area contributed by atoms with Gasteiger partial charge in [0.1, 0.15) is 11.6 Å². The monoisotopic (exact) mass is 232 g/mol. The van der Waals surface area contributed by atoms with Crippen molar-refractivity contribution in [3.8, 4) is 5.75 Å². The van der Waals surface area contributed by atoms with E-state index in [4.69, 9.17) is 5.11 Å². The SMILES string of the molecule is Cc1cccc(NCc2ccc(O)cn2)c1F. The minimum absolute atomic E-state index is 0.121. The molecule has 0 aliphatic rings. The lowest BCUT2D eigenvalue weighted by molar-refractivity contribution is 0.472. The second kappa shape index (κ2) is 4.82. The first-order valence-electron chi connectivity index (χ1n) is 5.29. The highest BCUT2D eigenvalue weighted by Crippen LogP contribution is 2.17. The molecule has 0 radical (unpaired) electrons. The molecule has 1 aromatic heterocycles. The van der Waals surface area contributed by atoms with E-state index >= 15 is 0 Å². The predicted octanol–water partition coefficient (Wildman–Crippen LogP) is 2.85. The zero-order valence-corrected chi connectivity index (χ0v) is 9.44. The van der Waals surface area contributed by atoms with Crippen LogP contribution in [0.1, 0.15) is 11.3 Å². The number of benzene rings is 1. The van der Waals surface area contributed by atoms with Crippen molar-refractivity contribution in [2.24, 2.45) is 0 Å². The number of aromatic hydroxyl groups is 1. The average molecular weight is 232 g/mol. The first-order chi connectivity index (χ1) is 8.16. The zero-order valence-electron chi connectivity index (χ0n) is 9.44. The van der Waals surface area contributed by atoms with Crippen LogP contribution < -0.4 is 5.32 Å². The van der Waals surface area contributed by atoms with Gasteiger partial charge in [0, 0.05) is 0 Å². The van der Waals surface area contributed by atoms with Crippen LogP contribution in [0.3, 0.4) is 0 Å². The van der Waals surface area contributed by atoms with Gasteiger partial charge in [-0.15, -0.1) is 0 Å². The van der Waals surface area contributed by atoms with Crippen LogP contribution >= 0.6 is 0 Å². The van der Waals surface area contributed by atoms with Gasteiger partial charge in [-0.25, -0.2) is 4.39 Å². The van der Waals surface area contributed by atoms with Gasteiger partial charge in [0.15, 0.2) is 0 Å². The highest BCUT2D eigenvalue weighted by Gasteiger charge is 2.04. The van der Waals surface area contributed by atoms with Crippen molar-refractivity contribution >= 4 is 5.69 Å². The van der Waals surface area contributed by atoms with E-state index < -0.39 is 0 Å². The minimum Gasteiger partial charge on any atom is -0.506 e. The molecule has 2 aromatic rings. The zero-order chi connectivity index (χ0) is 12.3. The summed E-state index contributed by atoms with van der Waals surface area (Å²) in [5.74, 6) is -0.123. The number of nitrogens with one attached hydrogen (secondary N) is 1. The lowest BCUT2D eigenvalue weighted by Crippen LogP contribution is -2.03. The summed E-state index contributed by atoms with van der Waals surface area (Å²) in [6.07, 6.45) is 1.36. The highest BCUT2D eigenvalue weighted by molar-refractivity contribution is 5.47. The molecule has 0 bridgehead atoms. The van der Waals surface area contributed by atoms with E-state index in [2.05, 4.69) is 10.3 Å². The van der Waals surface area contributed by atoms with Crippen molar-refractivity contribution in [2.75, 3.05) is 5.32 Å². The smallest absolute Gasteiger partial charge is 0.149 e. The van der Waals surface area contributed by atoms with Crippen molar-refractivity contribution in [3.05, 3.63) is 53.6 Å². The lowest BCUT2D eigenvalue weighted by Gasteiger charge is -2.08. The van der Waals surface area contributed by atoms with Gasteiger partial charge >= 0.3 is 0 Å². The molecular formula is C13H13FN2O. The van der Waals surface area contributed by atoms with Crippen molar-refractivity contribution in [2.45, 2.75) is 13.5 Å². The molecule has 1 aromatic carbocycles. The molecule has 0 fully saturated rings. The fourth-order valence-corrected chi connectivity index (χ4v) is 1.49. The van der Waals surface area contributed by atoms with Crippen LogP contribution in [0.5, 0.6) is 5.75 Å². The summed E-state index contributed by atoms with van der Waals surface area (Å²) in [5, 5.41) is 12.0. The Labute approximate surface area is 98.9 Å². The Bertz CT molecular complexity index is 511. The molecule has 17 heavy (non-hydrogen) atoms. The third kappa shape index (κ3) is 2.72. The maximum Gasteiger partial charge on any atom is 0.149 e. The molecule has 0 atom stereocenters. The van der Waals surface area contributed by atoms with E-state index in [1.807, 2.05) is 0 Å². The number of hydrogen-bond donors (Lipinski definition) is 2. The van der Waals surface area contributed by atoms with E-state index in [-0.39, 0.29) is 11.6 Å². The Hall–Kier alpha value is -2.10. The molecule has 0 unspecified atom stereocenters. The lowest BCUT2D eigenvalue weighted by atomic mass is 10.2. The molecule has 4 heteroatoms. The number of aromatic nitrogens is 1. The number of hydrogen-bond acceptors (Lipinski definition) is 3. The largest absolute Gasteiger partial charge is 0.506 e. The Morgan fingerprint density at radius 2 is 2.12 bits per heavy atom. The summed E-state index contributed by atoms with van der Waals surface area (Å²) < 4.78 is 13.6. The number of anilines is 1. The summed E-state index contributed by atoms with van der Waals surface area (Å²) in [6.45, 7) is 2.14. The van der Waals surface area contributed by atoms with Crippen LogP contribution in [0, 0.1) is 12.7 Å². The molecule has 0 saturated carbocycles. The number of rotatable bonds is 3. The van der Waals surface area contributed by atoms with Gasteiger partial charge in [-0.1, -0.05) is 12.1 Å². The number of nitrogens with zero attached hydrogens (tertiary/aromatic N) is 1. The Kier molecular flexibility index (Phi) is 3.23. The van der Waals surface area contributed by atoms with Crippen LogP contribution in [0.4, 0.5) is 10.1 Å². The Balaban J connectivity index is 2.07. The predicted molar refractivity (Wildman–Crippen MR) is 64.4 cm³/mol. The summed E-state index contributed by atoms with van der Waals surface area (Å²) in [7, 11) is 0. The third-order valence-electron chi connectivity index (χ3n) is 2.46. The van der Waals surface area contributed by atoms with Crippen molar-refractivity contribution in [3.63, 3.8) is 0 Å². The van der Waals surface area contributed by atoms with Crippen LogP contribution in [0.25, 0.3) is 0 Å². The molecule has 0 spiro atoms. The van der Waals surface area contributed by atoms with Crippen molar-refractivity contribution in [1.82, 2.24) is 4.98 Å². The van der Waals surface area contributed by atoms with E-state index in [0.29, 0.717) is 17.8 Å². The average Bonchev–Trinajstić information content (AvgIpc) is 2.33. The Morgan fingerprint density at radius 3 is 2.82 bits per heavy atom. The maximum absolute atomic E-state index is 13.6. The molecule has 2 rings (SSSR count). The molecule has 3 nitrogen and oxygen atoms in total. The van der Waals surface area contributed by atoms with Crippen LogP contribution in [-0.2, 0) is 6.54 Å². The molecule has 1 heterocycles. The minimum atomic E-state index is -0.244. The van der Waals surface area contributed by atoms with E-state index in [1.165, 1.54) is 6.20 Å². The van der Waals surface area contributed by atoms with Crippen molar-refractivity contribution < 1.29 is 9.50 Å². The third-order valence-corrected chi connectivity index (χ3v) is 2.46. The fraction of sp³-hybridized carbons (Fsp3) is 0.154. The Morgan fingerprint density at radius 1 is 1.29 bits per heavy atom. The molecule has 0 saturated heterocycles. The summed E-state index contributed by atoms with van der Waals surface area (Å²) >= 11 is 0. The maximum atomic E-state index is 13.6. The normalized spacial score (nSPS) is 10.2. The van der Waals surface area contributed by atoms with Gasteiger partial charge in [0.05, 0.1) is 24.1 Å². The topological polar surface area (TPSA) is 45.1 Å². The van der Waals surface area contributed by atoms with Gasteiger partial charge in [-0.3, -0.25) is 4.98 Å². The molecule has 88 valence electrons. The highest BCUT2D eigenvalue weighted by atomic mass is 19.1. The van der Waals surface area contributed by atoms with Crippen molar-refractivity contribution in [1.29, 1.82) is 0 Å². The van der Waals surface area contributed by atoms with E-state index in [9.17, 15) is 4.39 Å². The van der Waals surface area contributed by atoms with Gasteiger partial charge in [-0.2, -0.15) is 0 Å². The molecule has 0 amide bonds. The van der Waals surface area contributed by atoms with Crippen LogP contribution in [0.15, 0.2) is 36.5 Å². The van der Waals surface area contributed by atoms with Gasteiger partial charge in [-0.05, 0) is 30.7 Å². The first kappa shape index (κ1) is 11.4. The van der Waals surface area contributed by atoms with E-state index in [0.717, 1.165) is 5.69 Å². The standard InChI is InChI=1S/C13H13FN2O/c1-9-3-2-4-12(13(9)14)16-7-10-5-6-11(17)8-15-10/h2-6,8,16-17H,7H2,1H3. The summed E-state index contributed by atoms with van der Waals surface area (Å²) in [6, 6.07) is 8.44.